The summed E-state index contributed by atoms with van der Waals surface area (Å²) in [6.07, 6.45) is 6.48. The number of amides is 2. The molecule has 234 valence electrons. The van der Waals surface area contributed by atoms with Gasteiger partial charge in [-0.25, -0.2) is 17.9 Å². The summed E-state index contributed by atoms with van der Waals surface area (Å²) in [5, 5.41) is 8.54. The standard InChI is InChI=1S/C33H39F3N6O2/c1-20-16-39(17-21(2)40(20)18-27-19-41(38-37-27)22(3)28-13-12-26(35)15-29(28)36)33(44)31-14-24-6-4-5-7-30(24)42(31)32(43)23-8-10-25(34)11-9-23/h8-13,15,19-22,24,30-31H,4-7,14,16-18H2,1-3H3/t20-,21+,22-,24-,30-,31-/m0/s1. The fraction of sp³-hybridized carbons (Fsp3) is 0.515. The number of aromatic nitrogens is 3. The summed E-state index contributed by atoms with van der Waals surface area (Å²) in [6.45, 7) is 7.47. The summed E-state index contributed by atoms with van der Waals surface area (Å²) in [4.78, 5) is 33.9. The predicted octanol–water partition coefficient (Wildman–Crippen LogP) is 5.20. The number of likely N-dealkylation sites (tertiary alicyclic amines) is 1. The number of rotatable bonds is 6. The molecule has 0 spiro atoms. The Bertz CT molecular complexity index is 1500. The SMILES string of the molecule is C[C@@H]1CN(C(=O)[C@@H]2C[C@@H]3CCCC[C@@H]3N2C(=O)c2ccc(F)cc2)C[C@H](C)N1Cc1cn([C@@H](C)c2ccc(F)cc2F)nn1. The number of halogens is 3. The van der Waals surface area contributed by atoms with Crippen molar-refractivity contribution in [2.45, 2.75) is 89.6 Å². The van der Waals surface area contributed by atoms with Crippen LogP contribution < -0.4 is 0 Å². The first-order chi connectivity index (χ1) is 21.1. The van der Waals surface area contributed by atoms with Crippen LogP contribution in [0.2, 0.25) is 0 Å². The van der Waals surface area contributed by atoms with Crippen molar-refractivity contribution in [2.24, 2.45) is 5.92 Å². The zero-order valence-electron chi connectivity index (χ0n) is 25.4. The number of benzene rings is 2. The zero-order chi connectivity index (χ0) is 31.1. The lowest BCUT2D eigenvalue weighted by Crippen LogP contribution is -2.60. The van der Waals surface area contributed by atoms with E-state index in [1.54, 1.807) is 17.8 Å². The van der Waals surface area contributed by atoms with Gasteiger partial charge in [0, 0.05) is 55.0 Å². The molecule has 6 atom stereocenters. The van der Waals surface area contributed by atoms with Crippen molar-refractivity contribution in [3.8, 4) is 0 Å². The van der Waals surface area contributed by atoms with E-state index in [0.29, 0.717) is 48.8 Å². The molecule has 1 aliphatic carbocycles. The van der Waals surface area contributed by atoms with Crippen molar-refractivity contribution in [1.82, 2.24) is 29.7 Å². The molecule has 2 aromatic carbocycles. The minimum absolute atomic E-state index is 0.0183. The Morgan fingerprint density at radius 3 is 2.34 bits per heavy atom. The van der Waals surface area contributed by atoms with Crippen LogP contribution in [0.15, 0.2) is 48.7 Å². The van der Waals surface area contributed by atoms with Gasteiger partial charge in [-0.2, -0.15) is 0 Å². The molecule has 0 bridgehead atoms. The van der Waals surface area contributed by atoms with Gasteiger partial charge in [-0.3, -0.25) is 14.5 Å². The maximum atomic E-state index is 14.4. The fourth-order valence-corrected chi connectivity index (χ4v) is 7.52. The highest BCUT2D eigenvalue weighted by atomic mass is 19.1. The summed E-state index contributed by atoms with van der Waals surface area (Å²) in [5.74, 6) is -1.57. The van der Waals surface area contributed by atoms with Crippen LogP contribution in [0.4, 0.5) is 13.2 Å². The van der Waals surface area contributed by atoms with Gasteiger partial charge in [0.2, 0.25) is 5.91 Å². The van der Waals surface area contributed by atoms with Crippen molar-refractivity contribution >= 4 is 11.8 Å². The van der Waals surface area contributed by atoms with Gasteiger partial charge < -0.3 is 9.80 Å². The van der Waals surface area contributed by atoms with Gasteiger partial charge in [-0.1, -0.05) is 24.1 Å². The molecule has 8 nitrogen and oxygen atoms in total. The summed E-state index contributed by atoms with van der Waals surface area (Å²) in [5.41, 5.74) is 1.45. The first kappa shape index (κ1) is 30.3. The van der Waals surface area contributed by atoms with Crippen molar-refractivity contribution in [3.63, 3.8) is 0 Å². The van der Waals surface area contributed by atoms with Crippen molar-refractivity contribution in [1.29, 1.82) is 0 Å². The number of carbonyl (C=O) groups excluding carboxylic acids is 2. The van der Waals surface area contributed by atoms with Gasteiger partial charge in [0.1, 0.15) is 23.5 Å². The summed E-state index contributed by atoms with van der Waals surface area (Å²) < 4.78 is 42.9. The number of piperazine rings is 1. The van der Waals surface area contributed by atoms with E-state index in [2.05, 4.69) is 29.1 Å². The van der Waals surface area contributed by atoms with Crippen LogP contribution in [-0.2, 0) is 11.3 Å². The number of carbonyl (C=O) groups is 2. The second kappa shape index (κ2) is 12.3. The molecule has 0 N–H and O–H groups in total. The second-order valence-electron chi connectivity index (χ2n) is 12.7. The lowest BCUT2D eigenvalue weighted by Gasteiger charge is -2.45. The van der Waals surface area contributed by atoms with Crippen LogP contribution in [0.1, 0.15) is 80.5 Å². The number of fused-ring (bicyclic) bond motifs is 1. The van der Waals surface area contributed by atoms with Gasteiger partial charge in [0.25, 0.3) is 5.91 Å². The van der Waals surface area contributed by atoms with E-state index in [4.69, 9.17) is 0 Å². The van der Waals surface area contributed by atoms with E-state index >= 15 is 0 Å². The monoisotopic (exact) mass is 608 g/mol. The molecule has 3 aromatic rings. The molecule has 2 amide bonds. The van der Waals surface area contributed by atoms with Crippen LogP contribution in [-0.4, -0.2) is 78.8 Å². The molecule has 2 saturated heterocycles. The average molecular weight is 609 g/mol. The highest BCUT2D eigenvalue weighted by Gasteiger charge is 2.49. The molecule has 11 heteroatoms. The number of hydrogen-bond acceptors (Lipinski definition) is 5. The number of nitrogens with zero attached hydrogens (tertiary/aromatic N) is 6. The maximum absolute atomic E-state index is 14.4. The zero-order valence-corrected chi connectivity index (χ0v) is 25.4. The van der Waals surface area contributed by atoms with Crippen molar-refractivity contribution in [2.75, 3.05) is 13.1 Å². The summed E-state index contributed by atoms with van der Waals surface area (Å²) in [6, 6.07) is 8.19. The quantitative estimate of drug-likeness (QED) is 0.385. The van der Waals surface area contributed by atoms with E-state index in [1.807, 2.05) is 9.80 Å². The molecule has 1 aromatic heterocycles. The Balaban J connectivity index is 1.14. The minimum atomic E-state index is -0.628. The molecule has 0 radical (unpaired) electrons. The van der Waals surface area contributed by atoms with Crippen molar-refractivity contribution < 1.29 is 22.8 Å². The molecule has 1 saturated carbocycles. The molecule has 3 fully saturated rings. The van der Waals surface area contributed by atoms with Crippen LogP contribution in [0.5, 0.6) is 0 Å². The molecule has 3 aliphatic rings. The first-order valence-electron chi connectivity index (χ1n) is 15.6. The predicted molar refractivity (Wildman–Crippen MR) is 158 cm³/mol. The van der Waals surface area contributed by atoms with E-state index in [0.717, 1.165) is 31.7 Å². The topological polar surface area (TPSA) is 74.6 Å². The Kier molecular flexibility index (Phi) is 8.50. The Labute approximate surface area is 255 Å². The molecular weight excluding hydrogens is 569 g/mol. The van der Waals surface area contributed by atoms with Gasteiger partial charge in [0.05, 0.1) is 17.9 Å². The summed E-state index contributed by atoms with van der Waals surface area (Å²) >= 11 is 0. The lowest BCUT2D eigenvalue weighted by atomic mass is 9.84. The van der Waals surface area contributed by atoms with Crippen LogP contribution >= 0.6 is 0 Å². The molecule has 6 rings (SSSR count). The number of hydrogen-bond donors (Lipinski definition) is 0. The first-order valence-corrected chi connectivity index (χ1v) is 15.6. The van der Waals surface area contributed by atoms with E-state index < -0.39 is 29.5 Å². The highest BCUT2D eigenvalue weighted by molar-refractivity contribution is 5.98. The van der Waals surface area contributed by atoms with E-state index in [1.165, 1.54) is 36.4 Å². The third-order valence-electron chi connectivity index (χ3n) is 9.82. The normalized spacial score (nSPS) is 26.5. The lowest BCUT2D eigenvalue weighted by molar-refractivity contribution is -0.140. The third kappa shape index (κ3) is 5.86. The van der Waals surface area contributed by atoms with E-state index in [-0.39, 0.29) is 29.9 Å². The Morgan fingerprint density at radius 1 is 0.955 bits per heavy atom. The summed E-state index contributed by atoms with van der Waals surface area (Å²) in [7, 11) is 0. The highest BCUT2D eigenvalue weighted by Crippen LogP contribution is 2.41. The molecule has 3 heterocycles. The van der Waals surface area contributed by atoms with Gasteiger partial charge in [0.15, 0.2) is 0 Å². The molecule has 2 aliphatic heterocycles. The fourth-order valence-electron chi connectivity index (χ4n) is 7.52. The minimum Gasteiger partial charge on any atom is -0.338 e. The second-order valence-corrected chi connectivity index (χ2v) is 12.7. The van der Waals surface area contributed by atoms with Crippen LogP contribution in [0.3, 0.4) is 0 Å². The molecule has 44 heavy (non-hydrogen) atoms. The largest absolute Gasteiger partial charge is 0.338 e. The third-order valence-corrected chi connectivity index (χ3v) is 9.82. The maximum Gasteiger partial charge on any atom is 0.254 e. The average Bonchev–Trinajstić information content (AvgIpc) is 3.63. The van der Waals surface area contributed by atoms with E-state index in [9.17, 15) is 22.8 Å². The van der Waals surface area contributed by atoms with Gasteiger partial charge in [-0.05, 0) is 76.3 Å². The van der Waals surface area contributed by atoms with Gasteiger partial charge in [-0.15, -0.1) is 5.10 Å². The van der Waals surface area contributed by atoms with Crippen LogP contribution in [0, 0.1) is 23.4 Å². The van der Waals surface area contributed by atoms with Crippen molar-refractivity contribution in [3.05, 3.63) is 82.9 Å². The Hall–Kier alpha value is -3.73. The smallest absolute Gasteiger partial charge is 0.254 e. The van der Waals surface area contributed by atoms with Gasteiger partial charge >= 0.3 is 0 Å². The molecular formula is C33H39F3N6O2. The molecule has 0 unspecified atom stereocenters. The van der Waals surface area contributed by atoms with Crippen LogP contribution in [0.25, 0.3) is 0 Å². The Morgan fingerprint density at radius 2 is 1.64 bits per heavy atom.